The molecule has 3 rings (SSSR count). The normalized spacial score (nSPS) is 17.3. The zero-order valence-electron chi connectivity index (χ0n) is 13.8. The summed E-state index contributed by atoms with van der Waals surface area (Å²) in [6.07, 6.45) is -1.90. The molecule has 7 heteroatoms. The second-order valence-electron chi connectivity index (χ2n) is 6.08. The summed E-state index contributed by atoms with van der Waals surface area (Å²) in [5, 5.41) is 0. The fourth-order valence-corrected chi connectivity index (χ4v) is 2.79. The molecule has 0 saturated carbocycles. The van der Waals surface area contributed by atoms with Crippen molar-refractivity contribution in [2.45, 2.75) is 32.9 Å². The molecule has 1 amide bonds. The number of pyridine rings is 1. The molecule has 0 radical (unpaired) electrons. The molecule has 1 unspecified atom stereocenters. The number of nitrogens with zero attached hydrogens (tertiary/aromatic N) is 2. The third-order valence-electron chi connectivity index (χ3n) is 4.16. The average Bonchev–Trinajstić information content (AvgIpc) is 2.87. The van der Waals surface area contributed by atoms with Crippen LogP contribution >= 0.6 is 0 Å². The highest BCUT2D eigenvalue weighted by Crippen LogP contribution is 2.29. The SMILES string of the molecule is Cc1ncc(-c2ccc(F)c(C(F)F)c2)cc1CN1CC(C)OC1=O. The molecule has 1 aromatic heterocycles. The minimum Gasteiger partial charge on any atom is -0.444 e. The summed E-state index contributed by atoms with van der Waals surface area (Å²) in [5.41, 5.74) is 1.90. The van der Waals surface area contributed by atoms with Gasteiger partial charge in [0.15, 0.2) is 0 Å². The lowest BCUT2D eigenvalue weighted by molar-refractivity contribution is 0.137. The number of aromatic nitrogens is 1. The van der Waals surface area contributed by atoms with Gasteiger partial charge in [-0.15, -0.1) is 0 Å². The zero-order chi connectivity index (χ0) is 18.1. The molecule has 0 aliphatic carbocycles. The molecular formula is C18H17F3N2O2. The molecule has 1 fully saturated rings. The van der Waals surface area contributed by atoms with Gasteiger partial charge in [-0.3, -0.25) is 4.98 Å². The van der Waals surface area contributed by atoms with Crippen LogP contribution in [0.25, 0.3) is 11.1 Å². The predicted octanol–water partition coefficient (Wildman–Crippen LogP) is 4.47. The average molecular weight is 350 g/mol. The van der Waals surface area contributed by atoms with Crippen LogP contribution < -0.4 is 0 Å². The van der Waals surface area contributed by atoms with E-state index in [0.29, 0.717) is 24.2 Å². The molecule has 2 heterocycles. The number of cyclic esters (lactones) is 1. The lowest BCUT2D eigenvalue weighted by Gasteiger charge is -2.15. The van der Waals surface area contributed by atoms with Crippen LogP contribution in [0.15, 0.2) is 30.5 Å². The van der Waals surface area contributed by atoms with Crippen LogP contribution in [-0.4, -0.2) is 28.6 Å². The number of benzene rings is 1. The van der Waals surface area contributed by atoms with E-state index < -0.39 is 17.8 Å². The number of hydrogen-bond donors (Lipinski definition) is 0. The summed E-state index contributed by atoms with van der Waals surface area (Å²) in [6, 6.07) is 5.36. The van der Waals surface area contributed by atoms with Crippen LogP contribution in [0, 0.1) is 12.7 Å². The van der Waals surface area contributed by atoms with E-state index in [9.17, 15) is 18.0 Å². The van der Waals surface area contributed by atoms with E-state index in [1.807, 2.05) is 6.92 Å². The summed E-state index contributed by atoms with van der Waals surface area (Å²) >= 11 is 0. The number of hydrogen-bond acceptors (Lipinski definition) is 3. The Bertz CT molecular complexity index is 811. The first-order valence-electron chi connectivity index (χ1n) is 7.84. The predicted molar refractivity (Wildman–Crippen MR) is 85.7 cm³/mol. The third kappa shape index (κ3) is 3.60. The molecule has 2 aromatic rings. The lowest BCUT2D eigenvalue weighted by atomic mass is 10.0. The Balaban J connectivity index is 1.92. The number of amides is 1. The van der Waals surface area contributed by atoms with Crippen molar-refractivity contribution in [2.24, 2.45) is 0 Å². The van der Waals surface area contributed by atoms with Crippen molar-refractivity contribution in [1.82, 2.24) is 9.88 Å². The Morgan fingerprint density at radius 2 is 2.08 bits per heavy atom. The van der Waals surface area contributed by atoms with Crippen molar-refractivity contribution in [3.63, 3.8) is 0 Å². The molecule has 1 aliphatic rings. The van der Waals surface area contributed by atoms with Crippen LogP contribution in [0.5, 0.6) is 0 Å². The van der Waals surface area contributed by atoms with E-state index in [2.05, 4.69) is 4.98 Å². The topological polar surface area (TPSA) is 42.4 Å². The fraction of sp³-hybridized carbons (Fsp3) is 0.333. The van der Waals surface area contributed by atoms with Gasteiger partial charge in [-0.2, -0.15) is 0 Å². The van der Waals surface area contributed by atoms with Crippen LogP contribution in [0.3, 0.4) is 0 Å². The summed E-state index contributed by atoms with van der Waals surface area (Å²) in [5.74, 6) is -0.937. The molecular weight excluding hydrogens is 333 g/mol. The van der Waals surface area contributed by atoms with Crippen molar-refractivity contribution in [3.8, 4) is 11.1 Å². The number of ether oxygens (including phenoxy) is 1. The molecule has 0 N–H and O–H groups in total. The summed E-state index contributed by atoms with van der Waals surface area (Å²) in [7, 11) is 0. The first kappa shape index (κ1) is 17.3. The molecule has 0 bridgehead atoms. The van der Waals surface area contributed by atoms with E-state index in [1.165, 1.54) is 6.07 Å². The molecule has 0 spiro atoms. The van der Waals surface area contributed by atoms with Crippen molar-refractivity contribution in [2.75, 3.05) is 6.54 Å². The Labute approximate surface area is 143 Å². The van der Waals surface area contributed by atoms with E-state index in [0.717, 1.165) is 23.4 Å². The largest absolute Gasteiger partial charge is 0.444 e. The fourth-order valence-electron chi connectivity index (χ4n) is 2.79. The highest BCUT2D eigenvalue weighted by atomic mass is 19.3. The van der Waals surface area contributed by atoms with E-state index >= 15 is 0 Å². The molecule has 25 heavy (non-hydrogen) atoms. The van der Waals surface area contributed by atoms with Gasteiger partial charge in [-0.25, -0.2) is 18.0 Å². The van der Waals surface area contributed by atoms with Crippen LogP contribution in [0.4, 0.5) is 18.0 Å². The van der Waals surface area contributed by atoms with Gasteiger partial charge in [0.1, 0.15) is 11.9 Å². The van der Waals surface area contributed by atoms with Gasteiger partial charge in [0, 0.05) is 17.5 Å². The molecule has 1 aliphatic heterocycles. The summed E-state index contributed by atoms with van der Waals surface area (Å²) < 4.78 is 44.4. The minimum absolute atomic E-state index is 0.172. The third-order valence-corrected chi connectivity index (χ3v) is 4.16. The minimum atomic E-state index is -2.89. The number of carbonyl (C=O) groups excluding carboxylic acids is 1. The van der Waals surface area contributed by atoms with Gasteiger partial charge in [0.2, 0.25) is 0 Å². The first-order valence-corrected chi connectivity index (χ1v) is 7.84. The monoisotopic (exact) mass is 350 g/mol. The second-order valence-corrected chi connectivity index (χ2v) is 6.08. The Kier molecular flexibility index (Phi) is 4.65. The van der Waals surface area contributed by atoms with E-state index in [1.54, 1.807) is 24.1 Å². The smallest absolute Gasteiger partial charge is 0.410 e. The van der Waals surface area contributed by atoms with Gasteiger partial charge < -0.3 is 9.64 Å². The van der Waals surface area contributed by atoms with Gasteiger partial charge >= 0.3 is 6.09 Å². The van der Waals surface area contributed by atoms with Crippen molar-refractivity contribution < 1.29 is 22.7 Å². The standard InChI is InChI=1S/C18H17F3N2O2/c1-10-8-23(18(24)25-10)9-14-5-13(7-22-11(14)2)12-3-4-16(19)15(6-12)17(20)21/h3-7,10,17H,8-9H2,1-2H3. The van der Waals surface area contributed by atoms with Crippen molar-refractivity contribution in [3.05, 3.63) is 53.1 Å². The van der Waals surface area contributed by atoms with Crippen LogP contribution in [-0.2, 0) is 11.3 Å². The lowest BCUT2D eigenvalue weighted by Crippen LogP contribution is -2.24. The molecule has 132 valence electrons. The Morgan fingerprint density at radius 1 is 1.32 bits per heavy atom. The van der Waals surface area contributed by atoms with Crippen molar-refractivity contribution in [1.29, 1.82) is 0 Å². The number of halogens is 3. The van der Waals surface area contributed by atoms with Gasteiger partial charge in [0.05, 0.1) is 18.7 Å². The molecule has 4 nitrogen and oxygen atoms in total. The quantitative estimate of drug-likeness (QED) is 0.817. The Morgan fingerprint density at radius 3 is 2.72 bits per heavy atom. The molecule has 1 aromatic carbocycles. The first-order chi connectivity index (χ1) is 11.8. The highest BCUT2D eigenvalue weighted by Gasteiger charge is 2.28. The maximum absolute atomic E-state index is 13.5. The number of alkyl halides is 2. The van der Waals surface area contributed by atoms with Gasteiger partial charge in [-0.1, -0.05) is 6.07 Å². The number of rotatable bonds is 4. The molecule has 1 atom stereocenters. The highest BCUT2D eigenvalue weighted by molar-refractivity contribution is 5.70. The second kappa shape index (κ2) is 6.74. The number of aryl methyl sites for hydroxylation is 1. The van der Waals surface area contributed by atoms with Gasteiger partial charge in [-0.05, 0) is 43.2 Å². The molecule has 1 saturated heterocycles. The van der Waals surface area contributed by atoms with Gasteiger partial charge in [0.25, 0.3) is 6.43 Å². The summed E-state index contributed by atoms with van der Waals surface area (Å²) in [6.45, 7) is 4.41. The Hall–Kier alpha value is -2.57. The van der Waals surface area contributed by atoms with E-state index in [4.69, 9.17) is 4.74 Å². The zero-order valence-corrected chi connectivity index (χ0v) is 13.8. The van der Waals surface area contributed by atoms with Crippen LogP contribution in [0.2, 0.25) is 0 Å². The van der Waals surface area contributed by atoms with Crippen LogP contribution in [0.1, 0.15) is 30.2 Å². The van der Waals surface area contributed by atoms with E-state index in [-0.39, 0.29) is 12.2 Å². The maximum atomic E-state index is 13.5. The maximum Gasteiger partial charge on any atom is 0.410 e. The number of carbonyl (C=O) groups is 1. The summed E-state index contributed by atoms with van der Waals surface area (Å²) in [4.78, 5) is 17.6. The van der Waals surface area contributed by atoms with Crippen molar-refractivity contribution >= 4 is 6.09 Å².